The fourth-order valence-electron chi connectivity index (χ4n) is 1.79. The van der Waals surface area contributed by atoms with Crippen molar-refractivity contribution in [3.05, 3.63) is 27.6 Å². The molecule has 1 heterocycles. The molecule has 0 saturated heterocycles. The zero-order chi connectivity index (χ0) is 14.7. The second-order valence-electron chi connectivity index (χ2n) is 4.06. The van der Waals surface area contributed by atoms with Crippen molar-refractivity contribution in [2.75, 3.05) is 14.2 Å². The van der Waals surface area contributed by atoms with Gasteiger partial charge in [0.2, 0.25) is 0 Å². The van der Waals surface area contributed by atoms with Gasteiger partial charge in [0.25, 0.3) is 0 Å². The Hall–Kier alpha value is -2.02. The lowest BCUT2D eigenvalue weighted by Crippen LogP contribution is -2.24. The zero-order valence-corrected chi connectivity index (χ0v) is 12.2. The number of rotatable bonds is 5. The number of benzene rings is 1. The summed E-state index contributed by atoms with van der Waals surface area (Å²) in [5.74, 6) is 0.848. The van der Waals surface area contributed by atoms with Crippen molar-refractivity contribution in [2.45, 2.75) is 19.9 Å². The molecule has 2 rings (SSSR count). The van der Waals surface area contributed by atoms with Crippen molar-refractivity contribution in [3.8, 4) is 17.2 Å². The number of aryl methyl sites for hydroxylation is 1. The Kier molecular flexibility index (Phi) is 4.29. The molecule has 0 atom stereocenters. The number of tetrazole rings is 1. The second kappa shape index (κ2) is 5.96. The van der Waals surface area contributed by atoms with Crippen LogP contribution in [0.2, 0.25) is 5.02 Å². The van der Waals surface area contributed by atoms with Gasteiger partial charge in [0.1, 0.15) is 17.2 Å². The van der Waals surface area contributed by atoms with E-state index >= 15 is 0 Å². The van der Waals surface area contributed by atoms with Gasteiger partial charge in [0.15, 0.2) is 0 Å². The van der Waals surface area contributed by atoms with Crippen molar-refractivity contribution >= 4 is 11.6 Å². The fraction of sp³-hybridized carbons (Fsp3) is 0.417. The molecule has 8 heteroatoms. The molecule has 0 spiro atoms. The maximum absolute atomic E-state index is 12.2. The average molecular weight is 299 g/mol. The van der Waals surface area contributed by atoms with Crippen LogP contribution in [0.5, 0.6) is 11.5 Å². The molecule has 7 nitrogen and oxygen atoms in total. The van der Waals surface area contributed by atoms with Gasteiger partial charge in [0.05, 0.1) is 19.2 Å². The summed E-state index contributed by atoms with van der Waals surface area (Å²) in [6.45, 7) is 2.46. The molecule has 0 aliphatic heterocycles. The summed E-state index contributed by atoms with van der Waals surface area (Å²) < 4.78 is 12.8. The van der Waals surface area contributed by atoms with Gasteiger partial charge in [-0.3, -0.25) is 0 Å². The number of ether oxygens (including phenoxy) is 2. The van der Waals surface area contributed by atoms with Crippen LogP contribution < -0.4 is 15.2 Å². The first-order valence-electron chi connectivity index (χ1n) is 6.07. The average Bonchev–Trinajstić information content (AvgIpc) is 2.80. The molecule has 0 bridgehead atoms. The topological polar surface area (TPSA) is 71.2 Å². The first-order chi connectivity index (χ1) is 9.62. The summed E-state index contributed by atoms with van der Waals surface area (Å²) in [5.41, 5.74) is 0.0932. The predicted octanol–water partition coefficient (Wildman–Crippen LogP) is 1.51. The lowest BCUT2D eigenvalue weighted by Gasteiger charge is -2.10. The molecular formula is C12H15ClN4O3. The van der Waals surface area contributed by atoms with Gasteiger partial charge in [-0.05, 0) is 16.8 Å². The van der Waals surface area contributed by atoms with Crippen LogP contribution in [0.1, 0.15) is 13.3 Å². The molecule has 0 aliphatic rings. The van der Waals surface area contributed by atoms with E-state index in [1.165, 1.54) is 18.9 Å². The van der Waals surface area contributed by atoms with Crippen LogP contribution in [-0.2, 0) is 6.54 Å². The van der Waals surface area contributed by atoms with E-state index in [-0.39, 0.29) is 5.69 Å². The van der Waals surface area contributed by atoms with Crippen molar-refractivity contribution < 1.29 is 9.47 Å². The van der Waals surface area contributed by atoms with E-state index in [1.807, 2.05) is 6.92 Å². The Labute approximate surface area is 120 Å². The molecule has 108 valence electrons. The van der Waals surface area contributed by atoms with Crippen LogP contribution in [0.25, 0.3) is 5.69 Å². The van der Waals surface area contributed by atoms with Gasteiger partial charge in [-0.1, -0.05) is 18.5 Å². The third-order valence-corrected chi connectivity index (χ3v) is 3.05. The van der Waals surface area contributed by atoms with Gasteiger partial charge in [-0.2, -0.15) is 9.36 Å². The third-order valence-electron chi connectivity index (χ3n) is 2.76. The minimum absolute atomic E-state index is 0.338. The smallest absolute Gasteiger partial charge is 0.368 e. The highest BCUT2D eigenvalue weighted by Crippen LogP contribution is 2.33. The normalized spacial score (nSPS) is 10.6. The highest BCUT2D eigenvalue weighted by atomic mass is 35.5. The minimum atomic E-state index is -0.338. The van der Waals surface area contributed by atoms with Crippen LogP contribution >= 0.6 is 11.6 Å². The van der Waals surface area contributed by atoms with E-state index < -0.39 is 0 Å². The summed E-state index contributed by atoms with van der Waals surface area (Å²) in [4.78, 5) is 12.2. The van der Waals surface area contributed by atoms with Crippen LogP contribution in [0.4, 0.5) is 0 Å². The Balaban J connectivity index is 2.59. The Morgan fingerprint density at radius 3 is 2.50 bits per heavy atom. The van der Waals surface area contributed by atoms with Gasteiger partial charge < -0.3 is 9.47 Å². The number of nitrogens with zero attached hydrogens (tertiary/aromatic N) is 4. The van der Waals surface area contributed by atoms with E-state index in [2.05, 4.69) is 10.4 Å². The zero-order valence-electron chi connectivity index (χ0n) is 11.5. The summed E-state index contributed by atoms with van der Waals surface area (Å²) in [6, 6.07) is 3.16. The number of hydrogen-bond acceptors (Lipinski definition) is 5. The summed E-state index contributed by atoms with van der Waals surface area (Å²) in [6.07, 6.45) is 0.791. The molecular weight excluding hydrogens is 284 g/mol. The van der Waals surface area contributed by atoms with Crippen molar-refractivity contribution in [1.82, 2.24) is 19.8 Å². The monoisotopic (exact) mass is 298 g/mol. The van der Waals surface area contributed by atoms with Gasteiger partial charge in [-0.15, -0.1) is 0 Å². The lowest BCUT2D eigenvalue weighted by atomic mass is 10.2. The summed E-state index contributed by atoms with van der Waals surface area (Å²) in [5, 5.41) is 8.07. The number of methoxy groups -OCH3 is 2. The molecule has 0 fully saturated rings. The maximum Gasteiger partial charge on any atom is 0.368 e. The summed E-state index contributed by atoms with van der Waals surface area (Å²) in [7, 11) is 2.98. The number of halogens is 1. The Bertz CT molecular complexity index is 665. The lowest BCUT2D eigenvalue weighted by molar-refractivity contribution is 0.400. The SMILES string of the molecule is CCCn1nnn(-c2cc(OC)c(Cl)cc2OC)c1=O. The Morgan fingerprint density at radius 1 is 1.20 bits per heavy atom. The molecule has 20 heavy (non-hydrogen) atoms. The molecule has 0 radical (unpaired) electrons. The fourth-order valence-corrected chi connectivity index (χ4v) is 2.02. The van der Waals surface area contributed by atoms with Crippen LogP contribution in [0, 0.1) is 0 Å². The first-order valence-corrected chi connectivity index (χ1v) is 6.44. The van der Waals surface area contributed by atoms with E-state index in [0.29, 0.717) is 28.8 Å². The molecule has 0 N–H and O–H groups in total. The maximum atomic E-state index is 12.2. The van der Waals surface area contributed by atoms with E-state index in [4.69, 9.17) is 21.1 Å². The molecule has 1 aromatic heterocycles. The molecule has 0 aliphatic carbocycles. The molecule has 1 aromatic carbocycles. The highest BCUT2D eigenvalue weighted by molar-refractivity contribution is 6.32. The first kappa shape index (κ1) is 14.4. The number of hydrogen-bond donors (Lipinski definition) is 0. The molecule has 2 aromatic rings. The van der Waals surface area contributed by atoms with Crippen molar-refractivity contribution in [3.63, 3.8) is 0 Å². The Morgan fingerprint density at radius 2 is 1.90 bits per heavy atom. The van der Waals surface area contributed by atoms with E-state index in [1.54, 1.807) is 12.1 Å². The standard InChI is InChI=1S/C12H15ClN4O3/c1-4-5-16-12(18)17(15-14-16)9-7-10(19-2)8(13)6-11(9)20-3/h6-7H,4-5H2,1-3H3. The van der Waals surface area contributed by atoms with Crippen LogP contribution in [0.3, 0.4) is 0 Å². The largest absolute Gasteiger partial charge is 0.495 e. The quantitative estimate of drug-likeness (QED) is 0.837. The summed E-state index contributed by atoms with van der Waals surface area (Å²) >= 11 is 6.03. The minimum Gasteiger partial charge on any atom is -0.495 e. The van der Waals surface area contributed by atoms with Gasteiger partial charge in [-0.25, -0.2) is 4.79 Å². The second-order valence-corrected chi connectivity index (χ2v) is 4.46. The van der Waals surface area contributed by atoms with E-state index in [9.17, 15) is 4.79 Å². The third kappa shape index (κ3) is 2.49. The van der Waals surface area contributed by atoms with Crippen LogP contribution in [-0.4, -0.2) is 34.0 Å². The van der Waals surface area contributed by atoms with Crippen molar-refractivity contribution in [1.29, 1.82) is 0 Å². The molecule has 0 unspecified atom stereocenters. The molecule has 0 amide bonds. The van der Waals surface area contributed by atoms with Crippen molar-refractivity contribution in [2.24, 2.45) is 0 Å². The van der Waals surface area contributed by atoms with Gasteiger partial charge in [0, 0.05) is 18.7 Å². The number of aromatic nitrogens is 4. The predicted molar refractivity (Wildman–Crippen MR) is 74.0 cm³/mol. The van der Waals surface area contributed by atoms with Crippen LogP contribution in [0.15, 0.2) is 16.9 Å². The van der Waals surface area contributed by atoms with Gasteiger partial charge >= 0.3 is 5.69 Å². The molecule has 0 saturated carbocycles. The van der Waals surface area contributed by atoms with E-state index in [0.717, 1.165) is 11.1 Å². The highest BCUT2D eigenvalue weighted by Gasteiger charge is 2.16.